The Labute approximate surface area is 122 Å². The van der Waals surface area contributed by atoms with Gasteiger partial charge in [0.15, 0.2) is 0 Å². The fraction of sp³-hybridized carbons (Fsp3) is 0.250. The van der Waals surface area contributed by atoms with Crippen LogP contribution in [0.4, 0.5) is 10.1 Å². The van der Waals surface area contributed by atoms with E-state index >= 15 is 0 Å². The molecule has 1 aromatic carbocycles. The van der Waals surface area contributed by atoms with Crippen molar-refractivity contribution in [2.24, 2.45) is 0 Å². The standard InChI is InChI=1S/C16H16FN3O/c17-14-4-3-12(18)10-13(14)16(21)20-9-1-2-15(20)11-5-7-19-8-6-11/h3-8,10,15H,1-2,9,18H2. The maximum Gasteiger partial charge on any atom is 0.257 e. The number of carbonyl (C=O) groups is 1. The highest BCUT2D eigenvalue weighted by atomic mass is 19.1. The van der Waals surface area contributed by atoms with E-state index in [-0.39, 0.29) is 17.5 Å². The number of hydrogen-bond acceptors (Lipinski definition) is 3. The Kier molecular flexibility index (Phi) is 3.56. The first-order chi connectivity index (χ1) is 10.2. The van der Waals surface area contributed by atoms with E-state index in [4.69, 9.17) is 5.73 Å². The van der Waals surface area contributed by atoms with E-state index in [1.165, 1.54) is 18.2 Å². The second kappa shape index (κ2) is 5.52. The fourth-order valence-corrected chi connectivity index (χ4v) is 2.80. The van der Waals surface area contributed by atoms with Crippen molar-refractivity contribution >= 4 is 11.6 Å². The molecule has 0 radical (unpaired) electrons. The Morgan fingerprint density at radius 1 is 1.29 bits per heavy atom. The molecule has 1 saturated heterocycles. The molecule has 2 aromatic rings. The molecule has 0 aliphatic carbocycles. The van der Waals surface area contributed by atoms with Gasteiger partial charge in [0.1, 0.15) is 5.82 Å². The number of anilines is 1. The van der Waals surface area contributed by atoms with Crippen molar-refractivity contribution in [3.63, 3.8) is 0 Å². The zero-order chi connectivity index (χ0) is 14.8. The summed E-state index contributed by atoms with van der Waals surface area (Å²) in [6, 6.07) is 7.86. The minimum absolute atomic E-state index is 0.0265. The number of benzene rings is 1. The molecule has 1 amide bonds. The topological polar surface area (TPSA) is 59.2 Å². The largest absolute Gasteiger partial charge is 0.399 e. The van der Waals surface area contributed by atoms with Crippen LogP contribution in [0.2, 0.25) is 0 Å². The van der Waals surface area contributed by atoms with Crippen LogP contribution in [0.25, 0.3) is 0 Å². The highest BCUT2D eigenvalue weighted by Gasteiger charge is 2.31. The molecule has 108 valence electrons. The number of likely N-dealkylation sites (tertiary alicyclic amines) is 1. The molecule has 0 bridgehead atoms. The lowest BCUT2D eigenvalue weighted by Gasteiger charge is -2.25. The van der Waals surface area contributed by atoms with Crippen molar-refractivity contribution in [3.05, 3.63) is 59.7 Å². The summed E-state index contributed by atoms with van der Waals surface area (Å²) in [5.41, 5.74) is 7.12. The number of rotatable bonds is 2. The Hall–Kier alpha value is -2.43. The van der Waals surface area contributed by atoms with Gasteiger partial charge in [-0.15, -0.1) is 0 Å². The van der Waals surface area contributed by atoms with Gasteiger partial charge in [0, 0.05) is 24.6 Å². The first-order valence-electron chi connectivity index (χ1n) is 6.93. The number of hydrogen-bond donors (Lipinski definition) is 1. The third-order valence-electron chi connectivity index (χ3n) is 3.83. The van der Waals surface area contributed by atoms with Gasteiger partial charge in [-0.3, -0.25) is 9.78 Å². The molecule has 1 aliphatic rings. The van der Waals surface area contributed by atoms with Crippen LogP contribution in [0.5, 0.6) is 0 Å². The van der Waals surface area contributed by atoms with Gasteiger partial charge in [0.05, 0.1) is 11.6 Å². The second-order valence-corrected chi connectivity index (χ2v) is 5.18. The van der Waals surface area contributed by atoms with Crippen LogP contribution < -0.4 is 5.73 Å². The van der Waals surface area contributed by atoms with Crippen LogP contribution in [0.15, 0.2) is 42.7 Å². The highest BCUT2D eigenvalue weighted by molar-refractivity contribution is 5.95. The van der Waals surface area contributed by atoms with E-state index in [9.17, 15) is 9.18 Å². The van der Waals surface area contributed by atoms with Crippen molar-refractivity contribution in [2.45, 2.75) is 18.9 Å². The van der Waals surface area contributed by atoms with Crippen LogP contribution in [0, 0.1) is 5.82 Å². The molecular weight excluding hydrogens is 269 g/mol. The first kappa shape index (κ1) is 13.5. The van der Waals surface area contributed by atoms with Gasteiger partial charge in [-0.05, 0) is 48.7 Å². The van der Waals surface area contributed by atoms with Crippen LogP contribution >= 0.6 is 0 Å². The summed E-state index contributed by atoms with van der Waals surface area (Å²) in [7, 11) is 0. The summed E-state index contributed by atoms with van der Waals surface area (Å²) in [5.74, 6) is -0.839. The lowest BCUT2D eigenvalue weighted by atomic mass is 10.1. The molecule has 1 unspecified atom stereocenters. The minimum Gasteiger partial charge on any atom is -0.399 e. The van der Waals surface area contributed by atoms with Gasteiger partial charge in [-0.25, -0.2) is 4.39 Å². The summed E-state index contributed by atoms with van der Waals surface area (Å²) in [5, 5.41) is 0. The van der Waals surface area contributed by atoms with Crippen LogP contribution in [-0.2, 0) is 0 Å². The monoisotopic (exact) mass is 285 g/mol. The van der Waals surface area contributed by atoms with Crippen molar-refractivity contribution < 1.29 is 9.18 Å². The zero-order valence-electron chi connectivity index (χ0n) is 11.5. The Morgan fingerprint density at radius 2 is 2.05 bits per heavy atom. The van der Waals surface area contributed by atoms with Gasteiger partial charge >= 0.3 is 0 Å². The smallest absolute Gasteiger partial charge is 0.257 e. The average molecular weight is 285 g/mol. The van der Waals surface area contributed by atoms with E-state index in [2.05, 4.69) is 4.98 Å². The van der Waals surface area contributed by atoms with Gasteiger partial charge < -0.3 is 10.6 Å². The summed E-state index contributed by atoms with van der Waals surface area (Å²) in [6.45, 7) is 0.625. The Bertz CT molecular complexity index is 660. The number of carbonyl (C=O) groups excluding carboxylic acids is 1. The molecule has 1 atom stereocenters. The third kappa shape index (κ3) is 2.59. The molecule has 21 heavy (non-hydrogen) atoms. The van der Waals surface area contributed by atoms with Crippen molar-refractivity contribution in [2.75, 3.05) is 12.3 Å². The molecule has 3 rings (SSSR count). The maximum atomic E-state index is 13.9. The predicted octanol–water partition coefficient (Wildman–Crippen LogP) is 2.78. The lowest BCUT2D eigenvalue weighted by Crippen LogP contribution is -2.31. The SMILES string of the molecule is Nc1ccc(F)c(C(=O)N2CCCC2c2ccncc2)c1. The molecule has 1 aliphatic heterocycles. The molecule has 1 fully saturated rings. The van der Waals surface area contributed by atoms with Crippen LogP contribution in [-0.4, -0.2) is 22.3 Å². The molecular formula is C16H16FN3O. The second-order valence-electron chi connectivity index (χ2n) is 5.18. The number of amides is 1. The van der Waals surface area contributed by atoms with E-state index in [0.29, 0.717) is 12.2 Å². The number of nitrogens with two attached hydrogens (primary N) is 1. The fourth-order valence-electron chi connectivity index (χ4n) is 2.80. The maximum absolute atomic E-state index is 13.9. The Morgan fingerprint density at radius 3 is 2.81 bits per heavy atom. The average Bonchev–Trinajstić information content (AvgIpc) is 2.99. The van der Waals surface area contributed by atoms with Crippen LogP contribution in [0.1, 0.15) is 34.8 Å². The molecule has 4 nitrogen and oxygen atoms in total. The molecule has 5 heteroatoms. The zero-order valence-corrected chi connectivity index (χ0v) is 11.5. The number of nitrogens with zero attached hydrogens (tertiary/aromatic N) is 2. The first-order valence-corrected chi connectivity index (χ1v) is 6.93. The van der Waals surface area contributed by atoms with Crippen LogP contribution in [0.3, 0.4) is 0 Å². The number of halogens is 1. The highest BCUT2D eigenvalue weighted by Crippen LogP contribution is 2.33. The lowest BCUT2D eigenvalue weighted by molar-refractivity contribution is 0.0731. The van der Waals surface area contributed by atoms with E-state index in [0.717, 1.165) is 18.4 Å². The molecule has 2 heterocycles. The van der Waals surface area contributed by atoms with Gasteiger partial charge in [0.2, 0.25) is 0 Å². The van der Waals surface area contributed by atoms with Gasteiger partial charge in [-0.1, -0.05) is 0 Å². The quantitative estimate of drug-likeness (QED) is 0.863. The van der Waals surface area contributed by atoms with Crippen molar-refractivity contribution in [1.82, 2.24) is 9.88 Å². The third-order valence-corrected chi connectivity index (χ3v) is 3.83. The molecule has 2 N–H and O–H groups in total. The van der Waals surface area contributed by atoms with E-state index < -0.39 is 5.82 Å². The van der Waals surface area contributed by atoms with E-state index in [1.807, 2.05) is 12.1 Å². The Balaban J connectivity index is 1.92. The van der Waals surface area contributed by atoms with Crippen molar-refractivity contribution in [1.29, 1.82) is 0 Å². The van der Waals surface area contributed by atoms with Gasteiger partial charge in [-0.2, -0.15) is 0 Å². The number of pyridine rings is 1. The molecule has 1 aromatic heterocycles. The normalized spacial score (nSPS) is 18.0. The number of aromatic nitrogens is 1. The summed E-state index contributed by atoms with van der Waals surface area (Å²) < 4.78 is 13.9. The predicted molar refractivity (Wildman–Crippen MR) is 78.1 cm³/mol. The summed E-state index contributed by atoms with van der Waals surface area (Å²) in [6.07, 6.45) is 5.19. The molecule has 0 saturated carbocycles. The van der Waals surface area contributed by atoms with Crippen molar-refractivity contribution in [3.8, 4) is 0 Å². The summed E-state index contributed by atoms with van der Waals surface area (Å²) >= 11 is 0. The molecule has 0 spiro atoms. The summed E-state index contributed by atoms with van der Waals surface area (Å²) in [4.78, 5) is 18.3. The van der Waals surface area contributed by atoms with Gasteiger partial charge in [0.25, 0.3) is 5.91 Å². The van der Waals surface area contributed by atoms with E-state index in [1.54, 1.807) is 17.3 Å². The number of nitrogen functional groups attached to an aromatic ring is 1. The minimum atomic E-state index is -0.533.